The second kappa shape index (κ2) is 12.0. The molecule has 8 heteroatoms. The van der Waals surface area contributed by atoms with Crippen molar-refractivity contribution in [2.24, 2.45) is 5.73 Å². The highest BCUT2D eigenvalue weighted by Crippen LogP contribution is 2.18. The van der Waals surface area contributed by atoms with E-state index >= 15 is 0 Å². The summed E-state index contributed by atoms with van der Waals surface area (Å²) in [7, 11) is 0. The lowest BCUT2D eigenvalue weighted by Crippen LogP contribution is -2.41. The van der Waals surface area contributed by atoms with Gasteiger partial charge >= 0.3 is 0 Å². The van der Waals surface area contributed by atoms with Crippen LogP contribution in [0.15, 0.2) is 18.2 Å². The molecule has 2 N–H and O–H groups in total. The number of halogens is 3. The first kappa shape index (κ1) is 22.6. The van der Waals surface area contributed by atoms with Gasteiger partial charge in [0.2, 0.25) is 5.91 Å². The summed E-state index contributed by atoms with van der Waals surface area (Å²) in [6, 6.07) is 3.17. The van der Waals surface area contributed by atoms with Gasteiger partial charge < -0.3 is 20.1 Å². The molecule has 0 spiro atoms. The number of piperidine rings is 1. The Kier molecular flexibility index (Phi) is 10.5. The summed E-state index contributed by atoms with van der Waals surface area (Å²) in [5.41, 5.74) is 5.44. The quantitative estimate of drug-likeness (QED) is 0.656. The molecular formula is C18H27ClF2N2O3. The van der Waals surface area contributed by atoms with Crippen molar-refractivity contribution in [1.29, 1.82) is 0 Å². The third-order valence-electron chi connectivity index (χ3n) is 4.18. The fourth-order valence-electron chi connectivity index (χ4n) is 2.76. The first-order valence-corrected chi connectivity index (χ1v) is 8.77. The molecule has 1 aromatic rings. The van der Waals surface area contributed by atoms with Crippen LogP contribution in [0, 0.1) is 11.6 Å². The first-order valence-electron chi connectivity index (χ1n) is 8.77. The van der Waals surface area contributed by atoms with Gasteiger partial charge in [0.15, 0.2) is 11.6 Å². The number of hydrogen-bond acceptors (Lipinski definition) is 4. The Balaban J connectivity index is 0.00000338. The van der Waals surface area contributed by atoms with E-state index in [0.29, 0.717) is 39.1 Å². The van der Waals surface area contributed by atoms with E-state index in [9.17, 15) is 13.6 Å². The van der Waals surface area contributed by atoms with E-state index in [1.54, 1.807) is 0 Å². The van der Waals surface area contributed by atoms with Gasteiger partial charge in [-0.05, 0) is 44.4 Å². The van der Waals surface area contributed by atoms with Gasteiger partial charge in [0.1, 0.15) is 5.82 Å². The van der Waals surface area contributed by atoms with Gasteiger partial charge in [-0.3, -0.25) is 4.79 Å². The predicted molar refractivity (Wildman–Crippen MR) is 97.6 cm³/mol. The topological polar surface area (TPSA) is 64.8 Å². The molecule has 0 saturated carbocycles. The van der Waals surface area contributed by atoms with Crippen LogP contribution in [-0.4, -0.2) is 49.8 Å². The minimum atomic E-state index is -0.733. The Morgan fingerprint density at radius 1 is 1.19 bits per heavy atom. The molecular weight excluding hydrogens is 366 g/mol. The molecule has 1 amide bonds. The molecule has 148 valence electrons. The van der Waals surface area contributed by atoms with Crippen molar-refractivity contribution in [3.8, 4) is 5.75 Å². The number of rotatable bonds is 9. The second-order valence-electron chi connectivity index (χ2n) is 6.12. The van der Waals surface area contributed by atoms with Crippen molar-refractivity contribution in [1.82, 2.24) is 4.90 Å². The van der Waals surface area contributed by atoms with Gasteiger partial charge in [0.05, 0.1) is 12.7 Å². The molecule has 1 aliphatic rings. The van der Waals surface area contributed by atoms with E-state index in [0.717, 1.165) is 31.4 Å². The average molecular weight is 393 g/mol. The molecule has 0 aromatic heterocycles. The van der Waals surface area contributed by atoms with Crippen LogP contribution < -0.4 is 10.5 Å². The molecule has 2 rings (SSSR count). The lowest BCUT2D eigenvalue weighted by molar-refractivity contribution is -0.134. The molecule has 0 bridgehead atoms. The van der Waals surface area contributed by atoms with E-state index in [4.69, 9.17) is 15.2 Å². The standard InChI is InChI=1S/C18H26F2N2O3.ClH/c19-14-4-5-17(16(20)13-14)25-11-1-3-18(23)22-9-6-15(7-10-22)24-12-2-8-21;/h4-5,13,15H,1-3,6-12,21H2;1H. The van der Waals surface area contributed by atoms with Gasteiger partial charge in [-0.1, -0.05) is 0 Å². The lowest BCUT2D eigenvalue weighted by Gasteiger charge is -2.32. The molecule has 1 aliphatic heterocycles. The predicted octanol–water partition coefficient (Wildman–Crippen LogP) is 2.90. The van der Waals surface area contributed by atoms with Crippen LogP contribution in [0.2, 0.25) is 0 Å². The van der Waals surface area contributed by atoms with Crippen LogP contribution in [0.25, 0.3) is 0 Å². The molecule has 0 aliphatic carbocycles. The number of nitrogens with two attached hydrogens (primary N) is 1. The minimum Gasteiger partial charge on any atom is -0.491 e. The third kappa shape index (κ3) is 7.43. The van der Waals surface area contributed by atoms with Crippen molar-refractivity contribution < 1.29 is 23.0 Å². The average Bonchev–Trinajstić information content (AvgIpc) is 2.61. The third-order valence-corrected chi connectivity index (χ3v) is 4.18. The number of nitrogens with zero attached hydrogens (tertiary/aromatic N) is 1. The Morgan fingerprint density at radius 2 is 1.92 bits per heavy atom. The minimum absolute atomic E-state index is 0. The number of ether oxygens (including phenoxy) is 2. The van der Waals surface area contributed by atoms with Gasteiger partial charge in [-0.25, -0.2) is 8.78 Å². The summed E-state index contributed by atoms with van der Waals surface area (Å²) in [5, 5.41) is 0. The van der Waals surface area contributed by atoms with Crippen LogP contribution in [0.5, 0.6) is 5.75 Å². The summed E-state index contributed by atoms with van der Waals surface area (Å²) >= 11 is 0. The van der Waals surface area contributed by atoms with E-state index in [1.165, 1.54) is 6.07 Å². The Hall–Kier alpha value is -1.44. The summed E-state index contributed by atoms with van der Waals surface area (Å²) in [6.45, 7) is 2.90. The van der Waals surface area contributed by atoms with E-state index in [1.807, 2.05) is 4.90 Å². The number of benzene rings is 1. The van der Waals surface area contributed by atoms with Crippen LogP contribution >= 0.6 is 12.4 Å². The first-order chi connectivity index (χ1) is 12.1. The fourth-order valence-corrected chi connectivity index (χ4v) is 2.76. The van der Waals surface area contributed by atoms with Crippen molar-refractivity contribution in [3.05, 3.63) is 29.8 Å². The Bertz CT molecular complexity index is 555. The van der Waals surface area contributed by atoms with E-state index in [-0.39, 0.29) is 36.8 Å². The van der Waals surface area contributed by atoms with E-state index < -0.39 is 11.6 Å². The monoisotopic (exact) mass is 392 g/mol. The zero-order valence-corrected chi connectivity index (χ0v) is 15.6. The zero-order valence-electron chi connectivity index (χ0n) is 14.8. The van der Waals surface area contributed by atoms with E-state index in [2.05, 4.69) is 0 Å². The fraction of sp³-hybridized carbons (Fsp3) is 0.611. The number of hydrogen-bond donors (Lipinski definition) is 1. The SMILES string of the molecule is Cl.NCCCOC1CCN(C(=O)CCCOc2ccc(F)cc2F)CC1. The molecule has 0 atom stereocenters. The highest BCUT2D eigenvalue weighted by molar-refractivity contribution is 5.85. The van der Waals surface area contributed by atoms with Gasteiger partial charge in [-0.15, -0.1) is 12.4 Å². The smallest absolute Gasteiger partial charge is 0.222 e. The van der Waals surface area contributed by atoms with Gasteiger partial charge in [0.25, 0.3) is 0 Å². The highest BCUT2D eigenvalue weighted by Gasteiger charge is 2.22. The summed E-state index contributed by atoms with van der Waals surface area (Å²) < 4.78 is 37.2. The van der Waals surface area contributed by atoms with Crippen LogP contribution in [0.4, 0.5) is 8.78 Å². The Labute approximate surface area is 159 Å². The normalized spacial score (nSPS) is 14.8. The van der Waals surface area contributed by atoms with Crippen molar-refractivity contribution in [3.63, 3.8) is 0 Å². The molecule has 0 unspecified atom stereocenters. The van der Waals surface area contributed by atoms with Crippen LogP contribution in [0.1, 0.15) is 32.1 Å². The van der Waals surface area contributed by atoms with Gasteiger partial charge in [0, 0.05) is 32.2 Å². The number of likely N-dealkylation sites (tertiary alicyclic amines) is 1. The maximum absolute atomic E-state index is 13.4. The van der Waals surface area contributed by atoms with Gasteiger partial charge in [-0.2, -0.15) is 0 Å². The van der Waals surface area contributed by atoms with Crippen molar-refractivity contribution >= 4 is 18.3 Å². The largest absolute Gasteiger partial charge is 0.491 e. The molecule has 1 fully saturated rings. The number of amides is 1. The zero-order chi connectivity index (χ0) is 18.1. The van der Waals surface area contributed by atoms with Crippen LogP contribution in [-0.2, 0) is 9.53 Å². The molecule has 1 saturated heterocycles. The summed E-state index contributed by atoms with van der Waals surface area (Å²) in [5.74, 6) is -1.30. The Morgan fingerprint density at radius 3 is 2.58 bits per heavy atom. The molecule has 1 aromatic carbocycles. The number of carbonyl (C=O) groups is 1. The van der Waals surface area contributed by atoms with Crippen LogP contribution in [0.3, 0.4) is 0 Å². The maximum atomic E-state index is 13.4. The second-order valence-corrected chi connectivity index (χ2v) is 6.12. The van der Waals surface area contributed by atoms with Crippen molar-refractivity contribution in [2.45, 2.75) is 38.2 Å². The van der Waals surface area contributed by atoms with Crippen molar-refractivity contribution in [2.75, 3.05) is 32.8 Å². The summed E-state index contributed by atoms with van der Waals surface area (Å²) in [6.07, 6.45) is 3.58. The number of carbonyl (C=O) groups excluding carboxylic acids is 1. The molecule has 0 radical (unpaired) electrons. The highest BCUT2D eigenvalue weighted by atomic mass is 35.5. The molecule has 26 heavy (non-hydrogen) atoms. The lowest BCUT2D eigenvalue weighted by atomic mass is 10.1. The molecule has 1 heterocycles. The maximum Gasteiger partial charge on any atom is 0.222 e. The summed E-state index contributed by atoms with van der Waals surface area (Å²) in [4.78, 5) is 14.0. The molecule has 5 nitrogen and oxygen atoms in total.